The molecule has 0 fully saturated rings. The Kier molecular flexibility index (Phi) is 4.96. The van der Waals surface area contributed by atoms with Crippen molar-refractivity contribution >= 4 is 5.69 Å². The van der Waals surface area contributed by atoms with Crippen molar-refractivity contribution in [3.63, 3.8) is 0 Å². The highest BCUT2D eigenvalue weighted by atomic mass is 16.5. The van der Waals surface area contributed by atoms with E-state index in [1.54, 1.807) is 0 Å². The van der Waals surface area contributed by atoms with Crippen molar-refractivity contribution in [2.75, 3.05) is 19.0 Å². The molecule has 0 radical (unpaired) electrons. The number of anilines is 1. The maximum Gasteiger partial charge on any atom is 0.254 e. The minimum atomic E-state index is 0.217. The molecule has 24 heavy (non-hydrogen) atoms. The van der Waals surface area contributed by atoms with Crippen molar-refractivity contribution < 1.29 is 13.9 Å². The van der Waals surface area contributed by atoms with E-state index in [2.05, 4.69) is 10.2 Å². The van der Waals surface area contributed by atoms with Crippen LogP contribution >= 0.6 is 0 Å². The zero-order valence-electron chi connectivity index (χ0n) is 13.7. The number of ether oxygens (including phenoxy) is 2. The topological polar surface area (TPSA) is 60.6 Å². The SMILES string of the molecule is CN(C)c1cccc(OCc2nnc(COc3ccccc3)o2)c1. The zero-order chi connectivity index (χ0) is 16.8. The van der Waals surface area contributed by atoms with Gasteiger partial charge in [-0.15, -0.1) is 10.2 Å². The van der Waals surface area contributed by atoms with Crippen molar-refractivity contribution in [2.24, 2.45) is 0 Å². The lowest BCUT2D eigenvalue weighted by Gasteiger charge is -2.13. The van der Waals surface area contributed by atoms with E-state index < -0.39 is 0 Å². The first-order chi connectivity index (χ1) is 11.7. The summed E-state index contributed by atoms with van der Waals surface area (Å²) in [5.74, 6) is 2.34. The first kappa shape index (κ1) is 15.9. The molecule has 6 nitrogen and oxygen atoms in total. The number of benzene rings is 2. The van der Waals surface area contributed by atoms with Crippen LogP contribution < -0.4 is 14.4 Å². The number of para-hydroxylation sites is 1. The van der Waals surface area contributed by atoms with Gasteiger partial charge in [0, 0.05) is 25.8 Å². The van der Waals surface area contributed by atoms with Crippen LogP contribution in [0, 0.1) is 0 Å². The van der Waals surface area contributed by atoms with Gasteiger partial charge in [0.1, 0.15) is 11.5 Å². The summed E-state index contributed by atoms with van der Waals surface area (Å²) >= 11 is 0. The van der Waals surface area contributed by atoms with Gasteiger partial charge in [-0.05, 0) is 24.3 Å². The molecule has 3 aromatic rings. The lowest BCUT2D eigenvalue weighted by Crippen LogP contribution is -2.08. The van der Waals surface area contributed by atoms with Crippen molar-refractivity contribution in [1.29, 1.82) is 0 Å². The second-order valence-corrected chi connectivity index (χ2v) is 5.37. The molecule has 124 valence electrons. The van der Waals surface area contributed by atoms with Crippen LogP contribution in [0.25, 0.3) is 0 Å². The third kappa shape index (κ3) is 4.25. The van der Waals surface area contributed by atoms with Crippen LogP contribution in [0.4, 0.5) is 5.69 Å². The molecule has 1 heterocycles. The normalized spacial score (nSPS) is 10.4. The van der Waals surface area contributed by atoms with Crippen molar-refractivity contribution in [3.05, 3.63) is 66.4 Å². The summed E-state index contributed by atoms with van der Waals surface area (Å²) in [6.07, 6.45) is 0. The summed E-state index contributed by atoms with van der Waals surface area (Å²) in [7, 11) is 3.96. The molecule has 2 aromatic carbocycles. The molecule has 0 atom stereocenters. The Morgan fingerprint density at radius 1 is 0.833 bits per heavy atom. The van der Waals surface area contributed by atoms with Gasteiger partial charge in [0.15, 0.2) is 13.2 Å². The van der Waals surface area contributed by atoms with Gasteiger partial charge in [-0.2, -0.15) is 0 Å². The predicted octanol–water partition coefficient (Wildman–Crippen LogP) is 3.29. The Hall–Kier alpha value is -3.02. The van der Waals surface area contributed by atoms with Crippen LogP contribution in [-0.2, 0) is 13.2 Å². The smallest absolute Gasteiger partial charge is 0.254 e. The fourth-order valence-corrected chi connectivity index (χ4v) is 2.06. The fraction of sp³-hybridized carbons (Fsp3) is 0.222. The van der Waals surface area contributed by atoms with Crippen LogP contribution in [0.3, 0.4) is 0 Å². The number of nitrogens with zero attached hydrogens (tertiary/aromatic N) is 3. The first-order valence-corrected chi connectivity index (χ1v) is 7.60. The van der Waals surface area contributed by atoms with Gasteiger partial charge in [0.2, 0.25) is 0 Å². The molecule has 0 amide bonds. The maximum atomic E-state index is 5.70. The Bertz CT molecular complexity index is 772. The average molecular weight is 325 g/mol. The molecule has 0 bridgehead atoms. The van der Waals surface area contributed by atoms with Gasteiger partial charge in [0.25, 0.3) is 11.8 Å². The van der Waals surface area contributed by atoms with E-state index in [-0.39, 0.29) is 13.2 Å². The highest BCUT2D eigenvalue weighted by molar-refractivity contribution is 5.49. The molecule has 3 rings (SSSR count). The summed E-state index contributed by atoms with van der Waals surface area (Å²) in [5.41, 5.74) is 1.06. The average Bonchev–Trinajstić information content (AvgIpc) is 3.07. The van der Waals surface area contributed by atoms with Crippen LogP contribution in [0.2, 0.25) is 0 Å². The van der Waals surface area contributed by atoms with Gasteiger partial charge in [-0.25, -0.2) is 0 Å². The van der Waals surface area contributed by atoms with Crippen molar-refractivity contribution in [1.82, 2.24) is 10.2 Å². The highest BCUT2D eigenvalue weighted by Crippen LogP contribution is 2.20. The van der Waals surface area contributed by atoms with Gasteiger partial charge >= 0.3 is 0 Å². The second kappa shape index (κ2) is 7.50. The van der Waals surface area contributed by atoms with E-state index in [0.717, 1.165) is 17.2 Å². The van der Waals surface area contributed by atoms with E-state index in [4.69, 9.17) is 13.9 Å². The zero-order valence-corrected chi connectivity index (χ0v) is 13.7. The molecule has 0 aliphatic rings. The summed E-state index contributed by atoms with van der Waals surface area (Å²) in [4.78, 5) is 2.01. The minimum absolute atomic E-state index is 0.217. The largest absolute Gasteiger partial charge is 0.484 e. The van der Waals surface area contributed by atoms with Crippen molar-refractivity contribution in [3.8, 4) is 11.5 Å². The lowest BCUT2D eigenvalue weighted by atomic mass is 10.3. The number of hydrogen-bond acceptors (Lipinski definition) is 6. The molecule has 0 aliphatic carbocycles. The van der Waals surface area contributed by atoms with Crippen LogP contribution in [0.15, 0.2) is 59.0 Å². The van der Waals surface area contributed by atoms with Gasteiger partial charge in [-0.3, -0.25) is 0 Å². The fourth-order valence-electron chi connectivity index (χ4n) is 2.06. The number of aromatic nitrogens is 2. The molecule has 6 heteroatoms. The number of hydrogen-bond donors (Lipinski definition) is 0. The predicted molar refractivity (Wildman–Crippen MR) is 90.2 cm³/mol. The Labute approximate surface area is 140 Å². The number of rotatable bonds is 7. The Balaban J connectivity index is 1.53. The molecule has 0 aliphatic heterocycles. The maximum absolute atomic E-state index is 5.70. The molecule has 1 aromatic heterocycles. The highest BCUT2D eigenvalue weighted by Gasteiger charge is 2.08. The summed E-state index contributed by atoms with van der Waals surface area (Å²) in [5, 5.41) is 7.93. The van der Waals surface area contributed by atoms with Crippen LogP contribution in [0.5, 0.6) is 11.5 Å². The summed E-state index contributed by atoms with van der Waals surface area (Å²) in [6, 6.07) is 17.3. The monoisotopic (exact) mass is 325 g/mol. The van der Waals surface area contributed by atoms with Gasteiger partial charge < -0.3 is 18.8 Å². The summed E-state index contributed by atoms with van der Waals surface area (Å²) in [6.45, 7) is 0.447. The third-order valence-corrected chi connectivity index (χ3v) is 3.31. The van der Waals surface area contributed by atoms with E-state index in [1.807, 2.05) is 73.6 Å². The van der Waals surface area contributed by atoms with E-state index in [1.165, 1.54) is 0 Å². The molecular formula is C18H19N3O3. The molecule has 0 saturated heterocycles. The van der Waals surface area contributed by atoms with E-state index in [0.29, 0.717) is 11.8 Å². The van der Waals surface area contributed by atoms with Gasteiger partial charge in [0.05, 0.1) is 0 Å². The standard InChI is InChI=1S/C18H19N3O3/c1-21(2)14-7-6-10-16(11-14)23-13-18-20-19-17(24-18)12-22-15-8-4-3-5-9-15/h3-11H,12-13H2,1-2H3. The van der Waals surface area contributed by atoms with Crippen LogP contribution in [-0.4, -0.2) is 24.3 Å². The Morgan fingerprint density at radius 3 is 2.12 bits per heavy atom. The molecule has 0 saturated carbocycles. The van der Waals surface area contributed by atoms with Crippen molar-refractivity contribution in [2.45, 2.75) is 13.2 Å². The van der Waals surface area contributed by atoms with E-state index >= 15 is 0 Å². The summed E-state index contributed by atoms with van der Waals surface area (Å²) < 4.78 is 16.8. The molecule has 0 spiro atoms. The van der Waals surface area contributed by atoms with E-state index in [9.17, 15) is 0 Å². The van der Waals surface area contributed by atoms with Gasteiger partial charge in [-0.1, -0.05) is 24.3 Å². The molecule has 0 N–H and O–H groups in total. The molecular weight excluding hydrogens is 306 g/mol. The van der Waals surface area contributed by atoms with Crippen LogP contribution in [0.1, 0.15) is 11.8 Å². The quantitative estimate of drug-likeness (QED) is 0.664. The molecule has 0 unspecified atom stereocenters. The third-order valence-electron chi connectivity index (χ3n) is 3.31. The lowest BCUT2D eigenvalue weighted by molar-refractivity contribution is 0.232. The second-order valence-electron chi connectivity index (χ2n) is 5.37. The Morgan fingerprint density at radius 2 is 1.46 bits per heavy atom. The minimum Gasteiger partial charge on any atom is -0.484 e. The first-order valence-electron chi connectivity index (χ1n) is 7.60.